The maximum Gasteiger partial charge on any atom is 0.306 e. The zero-order chi connectivity index (χ0) is 13.8. The van der Waals surface area contributed by atoms with Crippen molar-refractivity contribution in [3.8, 4) is 10.8 Å². The molecule has 0 fully saturated rings. The fraction of sp³-hybridized carbons (Fsp3) is 0.417. The topological polar surface area (TPSA) is 65.2 Å². The lowest BCUT2D eigenvalue weighted by Crippen LogP contribution is -2.00. The van der Waals surface area contributed by atoms with Gasteiger partial charge >= 0.3 is 5.97 Å². The summed E-state index contributed by atoms with van der Waals surface area (Å²) in [7, 11) is 1.37. The second-order valence-corrected chi connectivity index (χ2v) is 6.20. The Balaban J connectivity index is 1.97. The summed E-state index contributed by atoms with van der Waals surface area (Å²) in [6.07, 6.45) is 0.329. The molecule has 0 spiro atoms. The number of thioether (sulfide) groups is 1. The van der Waals surface area contributed by atoms with Gasteiger partial charge in [0, 0.05) is 10.6 Å². The summed E-state index contributed by atoms with van der Waals surface area (Å²) in [4.78, 5) is 13.2. The summed E-state index contributed by atoms with van der Waals surface area (Å²) in [5.74, 6) is 0.857. The molecule has 2 aromatic heterocycles. The Hall–Kier alpha value is -1.34. The van der Waals surface area contributed by atoms with E-state index in [1.54, 1.807) is 11.3 Å². The van der Waals surface area contributed by atoms with Crippen LogP contribution in [0.15, 0.2) is 15.7 Å². The predicted octanol–water partition coefficient (Wildman–Crippen LogP) is 3.07. The first-order valence-corrected chi connectivity index (χ1v) is 7.51. The standard InChI is InChI=1S/C12H14N2O3S2/c1-7-6-9(19-8(7)2)11-13-14-12(17-11)18-5-4-10(15)16-3/h6H,4-5H2,1-3H3. The molecular weight excluding hydrogens is 284 g/mol. The van der Waals surface area contributed by atoms with E-state index in [9.17, 15) is 4.79 Å². The molecule has 0 bridgehead atoms. The van der Waals surface area contributed by atoms with Gasteiger partial charge in [-0.25, -0.2) is 0 Å². The average Bonchev–Trinajstić information content (AvgIpc) is 2.97. The molecular formula is C12H14N2O3S2. The number of aromatic nitrogens is 2. The van der Waals surface area contributed by atoms with Gasteiger partial charge in [-0.2, -0.15) is 0 Å². The van der Waals surface area contributed by atoms with Crippen molar-refractivity contribution in [3.63, 3.8) is 0 Å². The number of hydrogen-bond acceptors (Lipinski definition) is 7. The van der Waals surface area contributed by atoms with Gasteiger partial charge in [-0.05, 0) is 25.5 Å². The molecule has 2 rings (SSSR count). The number of hydrogen-bond donors (Lipinski definition) is 0. The zero-order valence-corrected chi connectivity index (χ0v) is 12.6. The molecule has 102 valence electrons. The van der Waals surface area contributed by atoms with E-state index in [1.165, 1.54) is 29.3 Å². The molecule has 0 radical (unpaired) electrons. The van der Waals surface area contributed by atoms with Crippen molar-refractivity contribution >= 4 is 29.1 Å². The summed E-state index contributed by atoms with van der Waals surface area (Å²) in [5, 5.41) is 8.45. The van der Waals surface area contributed by atoms with E-state index >= 15 is 0 Å². The Morgan fingerprint density at radius 1 is 1.47 bits per heavy atom. The number of aryl methyl sites for hydroxylation is 2. The first kappa shape index (κ1) is 14.1. The van der Waals surface area contributed by atoms with Crippen LogP contribution < -0.4 is 0 Å². The normalized spacial score (nSPS) is 10.7. The van der Waals surface area contributed by atoms with Crippen LogP contribution in [0.25, 0.3) is 10.8 Å². The Kier molecular flexibility index (Phi) is 4.60. The summed E-state index contributed by atoms with van der Waals surface area (Å²) in [6, 6.07) is 2.04. The third kappa shape index (κ3) is 3.57. The van der Waals surface area contributed by atoms with Gasteiger partial charge in [-0.1, -0.05) is 11.8 Å². The van der Waals surface area contributed by atoms with Gasteiger partial charge in [-0.3, -0.25) is 4.79 Å². The van der Waals surface area contributed by atoms with Gasteiger partial charge in [0.1, 0.15) is 0 Å². The van der Waals surface area contributed by atoms with E-state index in [2.05, 4.69) is 28.8 Å². The Labute approximate surface area is 119 Å². The highest BCUT2D eigenvalue weighted by atomic mass is 32.2. The summed E-state index contributed by atoms with van der Waals surface area (Å²) in [6.45, 7) is 4.11. The quantitative estimate of drug-likeness (QED) is 0.624. The van der Waals surface area contributed by atoms with Crippen molar-refractivity contribution in [2.75, 3.05) is 12.9 Å². The molecule has 5 nitrogen and oxygen atoms in total. The van der Waals surface area contributed by atoms with Crippen molar-refractivity contribution in [1.29, 1.82) is 0 Å². The number of rotatable bonds is 5. The Morgan fingerprint density at radius 2 is 2.26 bits per heavy atom. The van der Waals surface area contributed by atoms with Crippen LogP contribution in [0.3, 0.4) is 0 Å². The average molecular weight is 298 g/mol. The molecule has 19 heavy (non-hydrogen) atoms. The maximum atomic E-state index is 11.0. The molecule has 0 aliphatic carbocycles. The predicted molar refractivity (Wildman–Crippen MR) is 74.4 cm³/mol. The largest absolute Gasteiger partial charge is 0.469 e. The first-order chi connectivity index (χ1) is 9.10. The van der Waals surface area contributed by atoms with Crippen LogP contribution in [-0.2, 0) is 9.53 Å². The SMILES string of the molecule is COC(=O)CCSc1nnc(-c2cc(C)c(C)s2)o1. The smallest absolute Gasteiger partial charge is 0.306 e. The molecule has 0 saturated heterocycles. The molecule has 0 amide bonds. The number of esters is 1. The third-order valence-corrected chi connectivity index (χ3v) is 4.50. The molecule has 0 N–H and O–H groups in total. The van der Waals surface area contributed by atoms with Gasteiger partial charge in [0.2, 0.25) is 0 Å². The number of thiophene rings is 1. The minimum Gasteiger partial charge on any atom is -0.469 e. The molecule has 0 aliphatic heterocycles. The van der Waals surface area contributed by atoms with Crippen LogP contribution in [0.4, 0.5) is 0 Å². The van der Waals surface area contributed by atoms with Gasteiger partial charge in [0.25, 0.3) is 11.1 Å². The second kappa shape index (κ2) is 6.21. The van der Waals surface area contributed by atoms with E-state index in [0.717, 1.165) is 4.88 Å². The van der Waals surface area contributed by atoms with E-state index in [-0.39, 0.29) is 5.97 Å². The van der Waals surface area contributed by atoms with Crippen LogP contribution in [0.2, 0.25) is 0 Å². The van der Waals surface area contributed by atoms with Crippen molar-refractivity contribution in [2.24, 2.45) is 0 Å². The molecule has 7 heteroatoms. The molecule has 0 saturated carbocycles. The lowest BCUT2D eigenvalue weighted by molar-refractivity contribution is -0.140. The fourth-order valence-corrected chi connectivity index (χ4v) is 3.01. The van der Waals surface area contributed by atoms with Crippen LogP contribution in [0.1, 0.15) is 16.9 Å². The number of carbonyl (C=O) groups excluding carboxylic acids is 1. The second-order valence-electron chi connectivity index (χ2n) is 3.90. The van der Waals surface area contributed by atoms with Gasteiger partial charge in [0.05, 0.1) is 18.4 Å². The minimum absolute atomic E-state index is 0.239. The number of methoxy groups -OCH3 is 1. The van der Waals surface area contributed by atoms with Crippen LogP contribution >= 0.6 is 23.1 Å². The molecule has 0 aliphatic rings. The monoisotopic (exact) mass is 298 g/mol. The summed E-state index contributed by atoms with van der Waals surface area (Å²) >= 11 is 2.99. The van der Waals surface area contributed by atoms with Gasteiger partial charge in [-0.15, -0.1) is 21.5 Å². The van der Waals surface area contributed by atoms with Crippen LogP contribution in [-0.4, -0.2) is 29.0 Å². The van der Waals surface area contributed by atoms with Crippen LogP contribution in [0, 0.1) is 13.8 Å². The van der Waals surface area contributed by atoms with E-state index < -0.39 is 0 Å². The Morgan fingerprint density at radius 3 is 2.89 bits per heavy atom. The number of carbonyl (C=O) groups is 1. The summed E-state index contributed by atoms with van der Waals surface area (Å²) in [5.41, 5.74) is 1.22. The number of ether oxygens (including phenoxy) is 1. The highest BCUT2D eigenvalue weighted by Crippen LogP contribution is 2.31. The van der Waals surface area contributed by atoms with Crippen molar-refractivity contribution in [1.82, 2.24) is 10.2 Å². The van der Waals surface area contributed by atoms with Gasteiger partial charge < -0.3 is 9.15 Å². The highest BCUT2D eigenvalue weighted by Gasteiger charge is 2.12. The van der Waals surface area contributed by atoms with Crippen molar-refractivity contribution < 1.29 is 13.9 Å². The summed E-state index contributed by atoms with van der Waals surface area (Å²) < 4.78 is 10.1. The van der Waals surface area contributed by atoms with Crippen molar-refractivity contribution in [3.05, 3.63) is 16.5 Å². The molecule has 2 aromatic rings. The molecule has 0 aromatic carbocycles. The van der Waals surface area contributed by atoms with E-state index in [4.69, 9.17) is 4.42 Å². The zero-order valence-electron chi connectivity index (χ0n) is 10.9. The third-order valence-electron chi connectivity index (χ3n) is 2.54. The number of nitrogens with zero attached hydrogens (tertiary/aromatic N) is 2. The van der Waals surface area contributed by atoms with E-state index in [0.29, 0.717) is 23.3 Å². The fourth-order valence-electron chi connectivity index (χ4n) is 1.37. The lowest BCUT2D eigenvalue weighted by atomic mass is 10.3. The Bertz CT molecular complexity index is 558. The van der Waals surface area contributed by atoms with Crippen LogP contribution in [0.5, 0.6) is 0 Å². The lowest BCUT2D eigenvalue weighted by Gasteiger charge is -1.95. The van der Waals surface area contributed by atoms with Crippen molar-refractivity contribution in [2.45, 2.75) is 25.5 Å². The molecule has 0 atom stereocenters. The van der Waals surface area contributed by atoms with E-state index in [1.807, 2.05) is 6.07 Å². The maximum absolute atomic E-state index is 11.0. The highest BCUT2D eigenvalue weighted by molar-refractivity contribution is 7.99. The first-order valence-electron chi connectivity index (χ1n) is 5.70. The molecule has 0 unspecified atom stereocenters. The van der Waals surface area contributed by atoms with Gasteiger partial charge in [0.15, 0.2) is 0 Å². The minimum atomic E-state index is -0.239. The molecule has 2 heterocycles.